The average molecular weight is 231 g/mol. The van der Waals surface area contributed by atoms with Crippen LogP contribution in [0.5, 0.6) is 0 Å². The molecule has 1 aromatic heterocycles. The van der Waals surface area contributed by atoms with Gasteiger partial charge >= 0.3 is 0 Å². The molecule has 0 bridgehead atoms. The Morgan fingerprint density at radius 2 is 1.82 bits per heavy atom. The lowest BCUT2D eigenvalue weighted by molar-refractivity contribution is 0.618. The molecule has 0 amide bonds. The van der Waals surface area contributed by atoms with Crippen molar-refractivity contribution in [1.82, 2.24) is 15.5 Å². The van der Waals surface area contributed by atoms with Gasteiger partial charge in [0.05, 0.1) is 0 Å². The summed E-state index contributed by atoms with van der Waals surface area (Å²) in [6, 6.07) is 8.80. The molecule has 3 nitrogen and oxygen atoms in total. The minimum absolute atomic E-state index is 0.183. The Balaban J connectivity index is 1.89. The predicted molar refractivity (Wildman–Crippen MR) is 63.3 cm³/mol. The third kappa shape index (κ3) is 1.96. The predicted octanol–water partition coefficient (Wildman–Crippen LogP) is 2.02. The highest BCUT2D eigenvalue weighted by atomic mass is 19.1. The Morgan fingerprint density at radius 1 is 1.06 bits per heavy atom. The molecule has 0 aliphatic carbocycles. The summed E-state index contributed by atoms with van der Waals surface area (Å²) in [5.74, 6) is 0.594. The molecule has 3 rings (SSSR count). The molecule has 0 spiro atoms. The number of aromatic amines is 1. The van der Waals surface area contributed by atoms with Crippen LogP contribution in [0.1, 0.15) is 23.1 Å². The van der Waals surface area contributed by atoms with Crippen LogP contribution in [0, 0.1) is 5.82 Å². The minimum atomic E-state index is -0.183. The summed E-state index contributed by atoms with van der Waals surface area (Å²) >= 11 is 0. The Hall–Kier alpha value is -1.68. The van der Waals surface area contributed by atoms with Crippen molar-refractivity contribution < 1.29 is 4.39 Å². The first kappa shape index (κ1) is 10.5. The molecule has 1 fully saturated rings. The summed E-state index contributed by atoms with van der Waals surface area (Å²) in [5, 5.41) is 10.4. The van der Waals surface area contributed by atoms with Gasteiger partial charge in [-0.2, -0.15) is 5.10 Å². The van der Waals surface area contributed by atoms with Crippen molar-refractivity contribution in [2.75, 3.05) is 13.1 Å². The van der Waals surface area contributed by atoms with E-state index in [1.165, 1.54) is 17.7 Å². The molecule has 2 atom stereocenters. The number of H-pyrrole nitrogens is 1. The number of nitrogens with one attached hydrogen (secondary N) is 2. The normalized spacial score (nSPS) is 24.1. The fourth-order valence-corrected chi connectivity index (χ4v) is 2.54. The van der Waals surface area contributed by atoms with Gasteiger partial charge in [0, 0.05) is 36.8 Å². The first-order chi connectivity index (χ1) is 8.34. The molecule has 88 valence electrons. The Bertz CT molecular complexity index is 478. The molecule has 0 radical (unpaired) electrons. The van der Waals surface area contributed by atoms with Gasteiger partial charge in [0.15, 0.2) is 0 Å². The fraction of sp³-hybridized carbons (Fsp3) is 0.308. The molecule has 2 aromatic rings. The zero-order valence-electron chi connectivity index (χ0n) is 9.36. The van der Waals surface area contributed by atoms with Crippen LogP contribution in [-0.4, -0.2) is 23.3 Å². The first-order valence-corrected chi connectivity index (χ1v) is 5.80. The molecule has 17 heavy (non-hydrogen) atoms. The van der Waals surface area contributed by atoms with E-state index in [-0.39, 0.29) is 5.82 Å². The third-order valence-corrected chi connectivity index (χ3v) is 3.43. The summed E-state index contributed by atoms with van der Waals surface area (Å²) in [6.07, 6.45) is 1.77. The van der Waals surface area contributed by atoms with Gasteiger partial charge in [-0.1, -0.05) is 12.1 Å². The second-order valence-corrected chi connectivity index (χ2v) is 4.43. The summed E-state index contributed by atoms with van der Waals surface area (Å²) in [7, 11) is 0. The van der Waals surface area contributed by atoms with Gasteiger partial charge in [0.25, 0.3) is 0 Å². The number of halogens is 1. The van der Waals surface area contributed by atoms with Gasteiger partial charge in [-0.25, -0.2) is 4.39 Å². The van der Waals surface area contributed by atoms with E-state index in [4.69, 9.17) is 0 Å². The van der Waals surface area contributed by atoms with Crippen molar-refractivity contribution in [1.29, 1.82) is 0 Å². The van der Waals surface area contributed by atoms with E-state index < -0.39 is 0 Å². The average Bonchev–Trinajstić information content (AvgIpc) is 3.00. The van der Waals surface area contributed by atoms with E-state index >= 15 is 0 Å². The molecular weight excluding hydrogens is 217 g/mol. The highest BCUT2D eigenvalue weighted by Crippen LogP contribution is 2.34. The number of aromatic nitrogens is 2. The smallest absolute Gasteiger partial charge is 0.123 e. The first-order valence-electron chi connectivity index (χ1n) is 5.80. The van der Waals surface area contributed by atoms with Crippen LogP contribution in [0.4, 0.5) is 4.39 Å². The van der Waals surface area contributed by atoms with Crippen molar-refractivity contribution >= 4 is 0 Å². The van der Waals surface area contributed by atoms with Crippen molar-refractivity contribution in [2.45, 2.75) is 11.8 Å². The van der Waals surface area contributed by atoms with Crippen LogP contribution in [-0.2, 0) is 0 Å². The molecule has 1 aliphatic rings. The summed E-state index contributed by atoms with van der Waals surface area (Å²) in [4.78, 5) is 0. The second kappa shape index (κ2) is 4.30. The molecular formula is C13H14FN3. The molecule has 1 aliphatic heterocycles. The van der Waals surface area contributed by atoms with Crippen LogP contribution in [0.25, 0.3) is 0 Å². The molecule has 2 heterocycles. The lowest BCUT2D eigenvalue weighted by atomic mass is 9.87. The zero-order valence-corrected chi connectivity index (χ0v) is 9.36. The third-order valence-electron chi connectivity index (χ3n) is 3.43. The monoisotopic (exact) mass is 231 g/mol. The standard InChI is InChI=1S/C13H14FN3/c14-10-3-1-9(2-4-10)11-7-15-8-12(11)13-5-6-16-17-13/h1-6,11-12,15H,7-8H2,(H,16,17)/t11-,12+/m0/s1. The molecule has 1 saturated heterocycles. The zero-order chi connectivity index (χ0) is 11.7. The number of hydrogen-bond acceptors (Lipinski definition) is 2. The summed E-state index contributed by atoms with van der Waals surface area (Å²) in [6.45, 7) is 1.86. The van der Waals surface area contributed by atoms with E-state index in [2.05, 4.69) is 15.5 Å². The SMILES string of the molecule is Fc1ccc([C@@H]2CNC[C@H]2c2ccn[nH]2)cc1. The molecule has 0 unspecified atom stereocenters. The van der Waals surface area contributed by atoms with E-state index in [9.17, 15) is 4.39 Å². The number of nitrogens with zero attached hydrogens (tertiary/aromatic N) is 1. The van der Waals surface area contributed by atoms with Crippen LogP contribution in [0.2, 0.25) is 0 Å². The molecule has 4 heteroatoms. The van der Waals surface area contributed by atoms with Crippen molar-refractivity contribution in [2.24, 2.45) is 0 Å². The van der Waals surface area contributed by atoms with Crippen molar-refractivity contribution in [3.63, 3.8) is 0 Å². The Morgan fingerprint density at radius 3 is 2.53 bits per heavy atom. The largest absolute Gasteiger partial charge is 0.315 e. The van der Waals surface area contributed by atoms with Crippen LogP contribution in [0.15, 0.2) is 36.5 Å². The van der Waals surface area contributed by atoms with Crippen LogP contribution >= 0.6 is 0 Å². The summed E-state index contributed by atoms with van der Waals surface area (Å²) < 4.78 is 12.9. The Kier molecular flexibility index (Phi) is 2.65. The highest BCUT2D eigenvalue weighted by Gasteiger charge is 2.30. The fourth-order valence-electron chi connectivity index (χ4n) is 2.54. The maximum atomic E-state index is 12.9. The van der Waals surface area contributed by atoms with Gasteiger partial charge in [-0.3, -0.25) is 5.10 Å². The second-order valence-electron chi connectivity index (χ2n) is 4.43. The van der Waals surface area contributed by atoms with Gasteiger partial charge in [0.1, 0.15) is 5.82 Å². The van der Waals surface area contributed by atoms with Crippen LogP contribution in [0.3, 0.4) is 0 Å². The highest BCUT2D eigenvalue weighted by molar-refractivity contribution is 5.28. The minimum Gasteiger partial charge on any atom is -0.315 e. The van der Waals surface area contributed by atoms with Crippen molar-refractivity contribution in [3.05, 3.63) is 53.6 Å². The van der Waals surface area contributed by atoms with Crippen LogP contribution < -0.4 is 5.32 Å². The van der Waals surface area contributed by atoms with Crippen molar-refractivity contribution in [3.8, 4) is 0 Å². The van der Waals surface area contributed by atoms with Gasteiger partial charge in [-0.15, -0.1) is 0 Å². The topological polar surface area (TPSA) is 40.7 Å². The molecule has 0 saturated carbocycles. The maximum absolute atomic E-state index is 12.9. The summed E-state index contributed by atoms with van der Waals surface area (Å²) in [5.41, 5.74) is 2.32. The lowest BCUT2D eigenvalue weighted by Gasteiger charge is -2.17. The number of benzene rings is 1. The van der Waals surface area contributed by atoms with E-state index in [0.717, 1.165) is 18.8 Å². The molecule has 2 N–H and O–H groups in total. The van der Waals surface area contributed by atoms with E-state index in [1.54, 1.807) is 6.20 Å². The van der Waals surface area contributed by atoms with Gasteiger partial charge in [-0.05, 0) is 23.8 Å². The van der Waals surface area contributed by atoms with E-state index in [1.807, 2.05) is 18.2 Å². The quantitative estimate of drug-likeness (QED) is 0.830. The number of rotatable bonds is 2. The molecule has 1 aromatic carbocycles. The maximum Gasteiger partial charge on any atom is 0.123 e. The van der Waals surface area contributed by atoms with Gasteiger partial charge in [0.2, 0.25) is 0 Å². The Labute approximate surface area is 99.1 Å². The number of hydrogen-bond donors (Lipinski definition) is 2. The lowest BCUT2D eigenvalue weighted by Crippen LogP contribution is -2.09. The van der Waals surface area contributed by atoms with E-state index in [0.29, 0.717) is 11.8 Å². The van der Waals surface area contributed by atoms with Gasteiger partial charge < -0.3 is 5.32 Å².